The van der Waals surface area contributed by atoms with E-state index in [-0.39, 0.29) is 5.97 Å². The van der Waals surface area contributed by atoms with Gasteiger partial charge in [0.25, 0.3) is 0 Å². The summed E-state index contributed by atoms with van der Waals surface area (Å²) < 4.78 is 22.1. The number of aryl methyl sites for hydroxylation is 1. The van der Waals surface area contributed by atoms with Gasteiger partial charge in [-0.15, -0.1) is 0 Å². The summed E-state index contributed by atoms with van der Waals surface area (Å²) >= 11 is 0. The molecule has 146 valence electrons. The Morgan fingerprint density at radius 3 is 2.22 bits per heavy atom. The molecule has 0 aliphatic carbocycles. The molecule has 0 unspecified atom stereocenters. The second kappa shape index (κ2) is 9.31. The highest BCUT2D eigenvalue weighted by Gasteiger charge is 2.23. The van der Waals surface area contributed by atoms with Crippen LogP contribution in [0.1, 0.15) is 38.3 Å². The lowest BCUT2D eigenvalue weighted by Gasteiger charge is -2.20. The molecule has 2 rings (SSSR count). The van der Waals surface area contributed by atoms with Crippen LogP contribution >= 0.6 is 0 Å². The third-order valence-corrected chi connectivity index (χ3v) is 4.42. The zero-order valence-electron chi connectivity index (χ0n) is 17.0. The maximum Gasteiger partial charge on any atom is 0.333 e. The van der Waals surface area contributed by atoms with Gasteiger partial charge < -0.3 is 18.9 Å². The molecule has 0 atom stereocenters. The SMILES string of the molecule is CCCc1cccc2c(/C=C(/C)C(=O)OCC)c(OC)c(OC)c(OC)c12. The molecule has 0 bridgehead atoms. The Balaban J connectivity index is 2.91. The Labute approximate surface area is 160 Å². The van der Waals surface area contributed by atoms with Gasteiger partial charge in [0.05, 0.1) is 27.9 Å². The van der Waals surface area contributed by atoms with E-state index in [2.05, 4.69) is 13.0 Å². The minimum Gasteiger partial charge on any atom is -0.492 e. The Morgan fingerprint density at radius 2 is 1.67 bits per heavy atom. The molecule has 5 nitrogen and oxygen atoms in total. The highest BCUT2D eigenvalue weighted by Crippen LogP contribution is 2.48. The van der Waals surface area contributed by atoms with Gasteiger partial charge in [-0.1, -0.05) is 31.5 Å². The van der Waals surface area contributed by atoms with Gasteiger partial charge in [-0.2, -0.15) is 0 Å². The smallest absolute Gasteiger partial charge is 0.333 e. The largest absolute Gasteiger partial charge is 0.492 e. The zero-order chi connectivity index (χ0) is 20.0. The van der Waals surface area contributed by atoms with E-state index in [1.54, 1.807) is 41.3 Å². The number of fused-ring (bicyclic) bond motifs is 1. The van der Waals surface area contributed by atoms with Gasteiger partial charge in [-0.25, -0.2) is 4.79 Å². The average Bonchev–Trinajstić information content (AvgIpc) is 2.67. The van der Waals surface area contributed by atoms with Gasteiger partial charge >= 0.3 is 5.97 Å². The summed E-state index contributed by atoms with van der Waals surface area (Å²) in [5, 5.41) is 1.92. The monoisotopic (exact) mass is 372 g/mol. The number of benzene rings is 2. The molecular weight excluding hydrogens is 344 g/mol. The van der Waals surface area contributed by atoms with Crippen molar-refractivity contribution in [3.8, 4) is 17.2 Å². The summed E-state index contributed by atoms with van der Waals surface area (Å²) in [5.74, 6) is 1.32. The lowest BCUT2D eigenvalue weighted by atomic mass is 9.94. The first-order chi connectivity index (χ1) is 13.0. The predicted octanol–water partition coefficient (Wildman–Crippen LogP) is 4.78. The van der Waals surface area contributed by atoms with Crippen molar-refractivity contribution in [1.82, 2.24) is 0 Å². The minimum absolute atomic E-state index is 0.328. The molecule has 0 aromatic heterocycles. The molecule has 27 heavy (non-hydrogen) atoms. The van der Waals surface area contributed by atoms with Gasteiger partial charge in [0.15, 0.2) is 11.5 Å². The number of carbonyl (C=O) groups excluding carboxylic acids is 1. The summed E-state index contributed by atoms with van der Waals surface area (Å²) in [6, 6.07) is 6.10. The number of esters is 1. The van der Waals surface area contributed by atoms with Gasteiger partial charge in [0.1, 0.15) is 0 Å². The topological polar surface area (TPSA) is 54.0 Å². The fourth-order valence-electron chi connectivity index (χ4n) is 3.28. The van der Waals surface area contributed by atoms with Crippen LogP contribution < -0.4 is 14.2 Å². The van der Waals surface area contributed by atoms with Crippen LogP contribution in [0.2, 0.25) is 0 Å². The van der Waals surface area contributed by atoms with Gasteiger partial charge in [0.2, 0.25) is 5.75 Å². The summed E-state index contributed by atoms with van der Waals surface area (Å²) in [7, 11) is 4.79. The highest BCUT2D eigenvalue weighted by molar-refractivity contribution is 6.05. The van der Waals surface area contributed by atoms with Crippen LogP contribution in [0, 0.1) is 0 Å². The Hall–Kier alpha value is -2.69. The normalized spacial score (nSPS) is 11.4. The van der Waals surface area contributed by atoms with E-state index in [1.165, 1.54) is 0 Å². The van der Waals surface area contributed by atoms with E-state index in [9.17, 15) is 4.79 Å². The van der Waals surface area contributed by atoms with Crippen LogP contribution in [0.25, 0.3) is 16.8 Å². The molecule has 0 saturated heterocycles. The van der Waals surface area contributed by atoms with Gasteiger partial charge in [0, 0.05) is 16.5 Å². The molecule has 0 aliphatic rings. The van der Waals surface area contributed by atoms with Crippen LogP contribution in [0.3, 0.4) is 0 Å². The molecule has 0 amide bonds. The zero-order valence-corrected chi connectivity index (χ0v) is 17.0. The molecule has 0 spiro atoms. The third-order valence-electron chi connectivity index (χ3n) is 4.42. The quantitative estimate of drug-likeness (QED) is 0.493. The highest BCUT2D eigenvalue weighted by atomic mass is 16.5. The van der Waals surface area contributed by atoms with Crippen molar-refractivity contribution < 1.29 is 23.7 Å². The molecule has 0 radical (unpaired) electrons. The first kappa shape index (κ1) is 20.6. The van der Waals surface area contributed by atoms with E-state index >= 15 is 0 Å². The van der Waals surface area contributed by atoms with Crippen molar-refractivity contribution >= 4 is 22.8 Å². The lowest BCUT2D eigenvalue weighted by Crippen LogP contribution is -2.06. The minimum atomic E-state index is -0.354. The van der Waals surface area contributed by atoms with E-state index in [0.29, 0.717) is 29.4 Å². The molecule has 2 aromatic rings. The van der Waals surface area contributed by atoms with E-state index in [1.807, 2.05) is 12.1 Å². The van der Waals surface area contributed by atoms with Crippen molar-refractivity contribution in [2.45, 2.75) is 33.6 Å². The molecule has 2 aromatic carbocycles. The molecule has 0 N–H and O–H groups in total. The van der Waals surface area contributed by atoms with Crippen LogP contribution in [0.15, 0.2) is 23.8 Å². The lowest BCUT2D eigenvalue weighted by molar-refractivity contribution is -0.138. The first-order valence-electron chi connectivity index (χ1n) is 9.12. The number of ether oxygens (including phenoxy) is 4. The average molecular weight is 372 g/mol. The van der Waals surface area contributed by atoms with Crippen LogP contribution in [0.5, 0.6) is 17.2 Å². The molecule has 0 heterocycles. The van der Waals surface area contributed by atoms with E-state index in [0.717, 1.165) is 34.7 Å². The van der Waals surface area contributed by atoms with Gasteiger partial charge in [-0.3, -0.25) is 0 Å². The number of methoxy groups -OCH3 is 3. The first-order valence-corrected chi connectivity index (χ1v) is 9.12. The Bertz CT molecular complexity index is 852. The maximum atomic E-state index is 12.1. The summed E-state index contributed by atoms with van der Waals surface area (Å²) in [5.41, 5.74) is 2.43. The standard InChI is InChI=1S/C22H28O5/c1-7-10-15-11-9-12-16-17(13-14(3)22(23)27-8-2)19(24-4)21(26-6)20(25-5)18(15)16/h9,11-13H,7-8,10H2,1-6H3/b14-13-. The van der Waals surface area contributed by atoms with Crippen molar-refractivity contribution in [2.24, 2.45) is 0 Å². The molecular formula is C22H28O5. The van der Waals surface area contributed by atoms with E-state index in [4.69, 9.17) is 18.9 Å². The Kier molecular flexibility index (Phi) is 7.11. The second-order valence-corrected chi connectivity index (χ2v) is 6.15. The fourth-order valence-corrected chi connectivity index (χ4v) is 3.28. The number of carbonyl (C=O) groups is 1. The van der Waals surface area contributed by atoms with Crippen molar-refractivity contribution in [1.29, 1.82) is 0 Å². The maximum absolute atomic E-state index is 12.1. The Morgan fingerprint density at radius 1 is 1.00 bits per heavy atom. The molecule has 0 saturated carbocycles. The number of hydrogen-bond donors (Lipinski definition) is 0. The van der Waals surface area contributed by atoms with Crippen LogP contribution in [-0.2, 0) is 16.0 Å². The summed E-state index contributed by atoms with van der Waals surface area (Å²) in [6.45, 7) is 5.98. The molecule has 5 heteroatoms. The van der Waals surface area contributed by atoms with Crippen molar-refractivity contribution in [3.63, 3.8) is 0 Å². The van der Waals surface area contributed by atoms with Crippen LogP contribution in [-0.4, -0.2) is 33.9 Å². The fraction of sp³-hybridized carbons (Fsp3) is 0.409. The third kappa shape index (κ3) is 4.02. The number of rotatable bonds is 8. The van der Waals surface area contributed by atoms with E-state index < -0.39 is 0 Å². The van der Waals surface area contributed by atoms with Crippen LogP contribution in [0.4, 0.5) is 0 Å². The van der Waals surface area contributed by atoms with Gasteiger partial charge in [-0.05, 0) is 37.3 Å². The number of hydrogen-bond acceptors (Lipinski definition) is 5. The van der Waals surface area contributed by atoms with Crippen molar-refractivity contribution in [3.05, 3.63) is 34.9 Å². The summed E-state index contributed by atoms with van der Waals surface area (Å²) in [6.07, 6.45) is 3.70. The predicted molar refractivity (Wildman–Crippen MR) is 108 cm³/mol. The second-order valence-electron chi connectivity index (χ2n) is 6.15. The molecule has 0 aliphatic heterocycles. The van der Waals surface area contributed by atoms with Crippen molar-refractivity contribution in [2.75, 3.05) is 27.9 Å². The summed E-state index contributed by atoms with van der Waals surface area (Å²) in [4.78, 5) is 12.1. The molecule has 0 fully saturated rings.